The number of anilines is 1. The van der Waals surface area contributed by atoms with Crippen molar-refractivity contribution in [2.24, 2.45) is 0 Å². The predicted molar refractivity (Wildman–Crippen MR) is 119 cm³/mol. The molecule has 1 N–H and O–H groups in total. The fourth-order valence-corrected chi connectivity index (χ4v) is 4.20. The van der Waals surface area contributed by atoms with Gasteiger partial charge < -0.3 is 5.32 Å². The number of rotatable bonds is 7. The number of benzene rings is 1. The summed E-state index contributed by atoms with van der Waals surface area (Å²) in [7, 11) is 0. The quantitative estimate of drug-likeness (QED) is 0.446. The molecule has 0 atom stereocenters. The zero-order valence-electron chi connectivity index (χ0n) is 17.0. The van der Waals surface area contributed by atoms with Gasteiger partial charge in [0.15, 0.2) is 11.0 Å². The Hall–Kier alpha value is -3.46. The summed E-state index contributed by atoms with van der Waals surface area (Å²) in [6, 6.07) is 15.9. The van der Waals surface area contributed by atoms with Gasteiger partial charge in [-0.15, -0.1) is 10.2 Å². The summed E-state index contributed by atoms with van der Waals surface area (Å²) in [6.45, 7) is 1.91. The highest BCUT2D eigenvalue weighted by atomic mass is 32.2. The SMILES string of the molecule is Cc1cc(NC(=O)CSc2nnc(-c3ccncc3)n2C2CC2)n(-c2ccccc2)n1. The van der Waals surface area contributed by atoms with Crippen LogP contribution in [0.2, 0.25) is 0 Å². The Labute approximate surface area is 183 Å². The van der Waals surface area contributed by atoms with Gasteiger partial charge in [0.25, 0.3) is 0 Å². The van der Waals surface area contributed by atoms with E-state index >= 15 is 0 Å². The van der Waals surface area contributed by atoms with E-state index in [0.29, 0.717) is 11.9 Å². The number of nitrogens with one attached hydrogen (secondary N) is 1. The molecule has 4 aromatic rings. The highest BCUT2D eigenvalue weighted by Crippen LogP contribution is 2.41. The maximum absolute atomic E-state index is 12.7. The Morgan fingerprint density at radius 2 is 1.90 bits per heavy atom. The molecule has 156 valence electrons. The third-order valence-electron chi connectivity index (χ3n) is 4.95. The van der Waals surface area contributed by atoms with Gasteiger partial charge in [0, 0.05) is 30.1 Å². The molecular weight excluding hydrogens is 410 g/mol. The predicted octanol–water partition coefficient (Wildman–Crippen LogP) is 3.90. The van der Waals surface area contributed by atoms with E-state index in [2.05, 4.69) is 30.2 Å². The summed E-state index contributed by atoms with van der Waals surface area (Å²) in [6.07, 6.45) is 5.70. The lowest BCUT2D eigenvalue weighted by molar-refractivity contribution is -0.113. The summed E-state index contributed by atoms with van der Waals surface area (Å²) in [5, 5.41) is 17.0. The van der Waals surface area contributed by atoms with Crippen LogP contribution in [0.25, 0.3) is 17.1 Å². The van der Waals surface area contributed by atoms with Crippen molar-refractivity contribution >= 4 is 23.5 Å². The molecule has 0 saturated heterocycles. The molecule has 3 aromatic heterocycles. The average Bonchev–Trinajstić information content (AvgIpc) is 3.44. The molecule has 0 aliphatic heterocycles. The first-order valence-electron chi connectivity index (χ1n) is 10.1. The average molecular weight is 432 g/mol. The molecule has 8 nitrogen and oxygen atoms in total. The van der Waals surface area contributed by atoms with Crippen molar-refractivity contribution in [1.82, 2.24) is 29.5 Å². The van der Waals surface area contributed by atoms with Crippen LogP contribution < -0.4 is 5.32 Å². The first kappa shape index (κ1) is 19.5. The Bertz CT molecular complexity index is 1200. The Balaban J connectivity index is 1.31. The largest absolute Gasteiger partial charge is 0.310 e. The molecule has 5 rings (SSSR count). The second-order valence-corrected chi connectivity index (χ2v) is 8.34. The Morgan fingerprint density at radius 1 is 1.13 bits per heavy atom. The number of hydrogen-bond donors (Lipinski definition) is 1. The topological polar surface area (TPSA) is 90.5 Å². The first-order chi connectivity index (χ1) is 15.2. The first-order valence-corrected chi connectivity index (χ1v) is 11.1. The van der Waals surface area contributed by atoms with Crippen LogP contribution in [0.1, 0.15) is 24.6 Å². The van der Waals surface area contributed by atoms with Crippen LogP contribution in [0.4, 0.5) is 5.82 Å². The molecule has 1 fully saturated rings. The van der Waals surface area contributed by atoms with Crippen molar-refractivity contribution in [2.75, 3.05) is 11.1 Å². The van der Waals surface area contributed by atoms with Gasteiger partial charge in [0.1, 0.15) is 5.82 Å². The molecule has 1 aliphatic carbocycles. The molecule has 1 amide bonds. The minimum atomic E-state index is -0.113. The van der Waals surface area contributed by atoms with Gasteiger partial charge in [-0.05, 0) is 44.0 Å². The minimum Gasteiger partial charge on any atom is -0.310 e. The third-order valence-corrected chi connectivity index (χ3v) is 5.89. The molecule has 9 heteroatoms. The third kappa shape index (κ3) is 4.22. The van der Waals surface area contributed by atoms with Crippen LogP contribution in [0.15, 0.2) is 66.1 Å². The van der Waals surface area contributed by atoms with Crippen LogP contribution in [0.5, 0.6) is 0 Å². The highest BCUT2D eigenvalue weighted by Gasteiger charge is 2.30. The normalized spacial score (nSPS) is 13.3. The molecule has 1 aliphatic rings. The van der Waals surface area contributed by atoms with Crippen molar-refractivity contribution in [3.05, 3.63) is 66.6 Å². The van der Waals surface area contributed by atoms with Gasteiger partial charge in [-0.2, -0.15) is 5.10 Å². The van der Waals surface area contributed by atoms with Crippen molar-refractivity contribution < 1.29 is 4.79 Å². The lowest BCUT2D eigenvalue weighted by atomic mass is 10.2. The molecule has 3 heterocycles. The van der Waals surface area contributed by atoms with Gasteiger partial charge in [-0.3, -0.25) is 14.3 Å². The van der Waals surface area contributed by atoms with Crippen LogP contribution in [0.3, 0.4) is 0 Å². The molecule has 0 unspecified atom stereocenters. The monoisotopic (exact) mass is 431 g/mol. The number of aromatic nitrogens is 6. The zero-order valence-corrected chi connectivity index (χ0v) is 17.8. The Morgan fingerprint density at radius 3 is 2.65 bits per heavy atom. The number of pyridine rings is 1. The summed E-state index contributed by atoms with van der Waals surface area (Å²) in [5.74, 6) is 1.60. The molecule has 0 radical (unpaired) electrons. The summed E-state index contributed by atoms with van der Waals surface area (Å²) in [4.78, 5) is 16.8. The van der Waals surface area contributed by atoms with Crippen molar-refractivity contribution in [3.8, 4) is 17.1 Å². The number of carbonyl (C=O) groups excluding carboxylic acids is 1. The zero-order chi connectivity index (χ0) is 21.2. The van der Waals surface area contributed by atoms with E-state index in [1.54, 1.807) is 17.1 Å². The van der Waals surface area contributed by atoms with Crippen molar-refractivity contribution in [2.45, 2.75) is 31.0 Å². The molecule has 1 aromatic carbocycles. The van der Waals surface area contributed by atoms with Gasteiger partial charge in [-0.25, -0.2) is 4.68 Å². The Kier molecular flexibility index (Phi) is 5.25. The second kappa shape index (κ2) is 8.35. The standard InChI is InChI=1S/C22H21N7OS/c1-15-13-19(29(27-15)18-5-3-2-4-6-18)24-20(30)14-31-22-26-25-21(28(22)17-7-8-17)16-9-11-23-12-10-16/h2-6,9-13,17H,7-8,14H2,1H3,(H,24,30). The number of para-hydroxylation sites is 1. The van der Waals surface area contributed by atoms with Gasteiger partial charge in [0.2, 0.25) is 5.91 Å². The molecule has 1 saturated carbocycles. The van der Waals surface area contributed by atoms with Crippen LogP contribution in [0, 0.1) is 6.92 Å². The van der Waals surface area contributed by atoms with E-state index < -0.39 is 0 Å². The molecular formula is C22H21N7OS. The van der Waals surface area contributed by atoms with Crippen molar-refractivity contribution in [3.63, 3.8) is 0 Å². The van der Waals surface area contributed by atoms with Gasteiger partial charge >= 0.3 is 0 Å². The summed E-state index contributed by atoms with van der Waals surface area (Å²) in [5.41, 5.74) is 2.71. The number of amides is 1. The fourth-order valence-electron chi connectivity index (χ4n) is 3.40. The molecule has 31 heavy (non-hydrogen) atoms. The van der Waals surface area contributed by atoms with E-state index in [1.165, 1.54) is 11.8 Å². The van der Waals surface area contributed by atoms with E-state index in [-0.39, 0.29) is 11.7 Å². The maximum Gasteiger partial charge on any atom is 0.236 e. The molecule has 0 spiro atoms. The van der Waals surface area contributed by atoms with E-state index in [1.807, 2.05) is 55.5 Å². The highest BCUT2D eigenvalue weighted by molar-refractivity contribution is 7.99. The van der Waals surface area contributed by atoms with Gasteiger partial charge in [-0.1, -0.05) is 30.0 Å². The number of carbonyl (C=O) groups is 1. The van der Waals surface area contributed by atoms with E-state index in [0.717, 1.165) is 40.8 Å². The number of aryl methyl sites for hydroxylation is 1. The smallest absolute Gasteiger partial charge is 0.236 e. The van der Waals surface area contributed by atoms with Crippen LogP contribution >= 0.6 is 11.8 Å². The van der Waals surface area contributed by atoms with Crippen LogP contribution in [-0.4, -0.2) is 41.2 Å². The lowest BCUT2D eigenvalue weighted by Crippen LogP contribution is -2.17. The lowest BCUT2D eigenvalue weighted by Gasteiger charge is -2.10. The van der Waals surface area contributed by atoms with E-state index in [9.17, 15) is 4.79 Å². The number of hydrogen-bond acceptors (Lipinski definition) is 6. The van der Waals surface area contributed by atoms with E-state index in [4.69, 9.17) is 0 Å². The maximum atomic E-state index is 12.7. The number of nitrogens with zero attached hydrogens (tertiary/aromatic N) is 6. The second-order valence-electron chi connectivity index (χ2n) is 7.40. The van der Waals surface area contributed by atoms with Crippen LogP contribution in [-0.2, 0) is 4.79 Å². The summed E-state index contributed by atoms with van der Waals surface area (Å²) >= 11 is 1.40. The van der Waals surface area contributed by atoms with Gasteiger partial charge in [0.05, 0.1) is 17.1 Å². The fraction of sp³-hybridized carbons (Fsp3) is 0.227. The number of thioether (sulfide) groups is 1. The molecule has 0 bridgehead atoms. The summed E-state index contributed by atoms with van der Waals surface area (Å²) < 4.78 is 3.89. The minimum absolute atomic E-state index is 0.113. The van der Waals surface area contributed by atoms with Crippen molar-refractivity contribution in [1.29, 1.82) is 0 Å².